The van der Waals surface area contributed by atoms with Gasteiger partial charge in [-0.1, -0.05) is 0 Å². The van der Waals surface area contributed by atoms with Crippen LogP contribution in [-0.4, -0.2) is 65.9 Å². The minimum atomic E-state index is 0.00307. The van der Waals surface area contributed by atoms with Crippen LogP contribution in [0, 0.1) is 6.92 Å². The van der Waals surface area contributed by atoms with Crippen LogP contribution in [-0.2, 0) is 9.59 Å². The number of nitrogens with zero attached hydrogens (tertiary/aromatic N) is 3. The second-order valence-electron chi connectivity index (χ2n) is 5.18. The number of rotatable bonds is 5. The molecule has 1 saturated heterocycles. The molecule has 7 heteroatoms. The Bertz CT molecular complexity index is 547. The number of likely N-dealkylation sites (N-methyl/N-ethyl adjacent to an activating group) is 1. The van der Waals surface area contributed by atoms with Crippen LogP contribution in [0.15, 0.2) is 11.5 Å². The molecule has 22 heavy (non-hydrogen) atoms. The smallest absolute Gasteiger partial charge is 0.246 e. The van der Waals surface area contributed by atoms with Crippen molar-refractivity contribution in [3.63, 3.8) is 0 Å². The SMILES string of the molecule is CCNC(=O)CN1CCN(C(=O)/C=C/c2csc(C)n2)CC1. The number of thiazole rings is 1. The lowest BCUT2D eigenvalue weighted by molar-refractivity contribution is -0.128. The third-order valence-electron chi connectivity index (χ3n) is 3.46. The van der Waals surface area contributed by atoms with Gasteiger partial charge in [0, 0.05) is 44.2 Å². The Morgan fingerprint density at radius 3 is 2.68 bits per heavy atom. The fourth-order valence-corrected chi connectivity index (χ4v) is 2.88. The minimum absolute atomic E-state index is 0.00307. The summed E-state index contributed by atoms with van der Waals surface area (Å²) in [6, 6.07) is 0. The zero-order chi connectivity index (χ0) is 15.9. The number of nitrogens with one attached hydrogen (secondary N) is 1. The van der Waals surface area contributed by atoms with Gasteiger partial charge in [0.05, 0.1) is 17.2 Å². The molecule has 2 rings (SSSR count). The number of piperazine rings is 1. The van der Waals surface area contributed by atoms with E-state index in [1.807, 2.05) is 24.1 Å². The lowest BCUT2D eigenvalue weighted by Gasteiger charge is -2.33. The molecule has 0 spiro atoms. The van der Waals surface area contributed by atoms with Gasteiger partial charge in [-0.05, 0) is 19.9 Å². The summed E-state index contributed by atoms with van der Waals surface area (Å²) in [5, 5.41) is 5.71. The monoisotopic (exact) mass is 322 g/mol. The maximum atomic E-state index is 12.1. The number of hydrogen-bond donors (Lipinski definition) is 1. The number of aromatic nitrogens is 1. The first kappa shape index (κ1) is 16.6. The van der Waals surface area contributed by atoms with Crippen molar-refractivity contribution in [1.29, 1.82) is 0 Å². The highest BCUT2D eigenvalue weighted by Crippen LogP contribution is 2.10. The first-order valence-electron chi connectivity index (χ1n) is 7.46. The number of aryl methyl sites for hydroxylation is 1. The highest BCUT2D eigenvalue weighted by atomic mass is 32.1. The maximum Gasteiger partial charge on any atom is 0.246 e. The van der Waals surface area contributed by atoms with Crippen molar-refractivity contribution in [2.24, 2.45) is 0 Å². The predicted octanol–water partition coefficient (Wildman–Crippen LogP) is 0.745. The fourth-order valence-electron chi connectivity index (χ4n) is 2.30. The van der Waals surface area contributed by atoms with Crippen LogP contribution < -0.4 is 5.32 Å². The normalized spacial score (nSPS) is 16.2. The quantitative estimate of drug-likeness (QED) is 0.812. The predicted molar refractivity (Wildman–Crippen MR) is 87.6 cm³/mol. The van der Waals surface area contributed by atoms with Gasteiger partial charge in [0.1, 0.15) is 0 Å². The zero-order valence-electron chi connectivity index (χ0n) is 13.0. The van der Waals surface area contributed by atoms with Crippen LogP contribution in [0.2, 0.25) is 0 Å². The minimum Gasteiger partial charge on any atom is -0.355 e. The standard InChI is InChI=1S/C15H22N4O2S/c1-3-16-14(20)10-18-6-8-19(9-7-18)15(21)5-4-13-11-22-12(2)17-13/h4-5,11H,3,6-10H2,1-2H3,(H,16,20)/b5-4+. The van der Waals surface area contributed by atoms with Gasteiger partial charge in [-0.15, -0.1) is 11.3 Å². The van der Waals surface area contributed by atoms with Gasteiger partial charge in [-0.3, -0.25) is 14.5 Å². The van der Waals surface area contributed by atoms with Crippen molar-refractivity contribution >= 4 is 29.2 Å². The van der Waals surface area contributed by atoms with Gasteiger partial charge in [0.25, 0.3) is 0 Å². The van der Waals surface area contributed by atoms with Crippen LogP contribution >= 0.6 is 11.3 Å². The Kier molecular flexibility index (Phi) is 6.09. The van der Waals surface area contributed by atoms with Crippen LogP contribution in [0.4, 0.5) is 0 Å². The Labute approximate surface area is 134 Å². The Hall–Kier alpha value is -1.73. The molecule has 0 unspecified atom stereocenters. The third-order valence-corrected chi connectivity index (χ3v) is 4.25. The molecule has 1 aliphatic rings. The van der Waals surface area contributed by atoms with Gasteiger partial charge < -0.3 is 10.2 Å². The molecule has 1 aliphatic heterocycles. The van der Waals surface area contributed by atoms with Crippen LogP contribution in [0.1, 0.15) is 17.6 Å². The molecule has 1 fully saturated rings. The second-order valence-corrected chi connectivity index (χ2v) is 6.24. The molecule has 1 N–H and O–H groups in total. The van der Waals surface area contributed by atoms with E-state index in [2.05, 4.69) is 15.2 Å². The van der Waals surface area contributed by atoms with Crippen molar-refractivity contribution < 1.29 is 9.59 Å². The third kappa shape index (κ3) is 4.92. The van der Waals surface area contributed by atoms with Gasteiger partial charge in [0.15, 0.2) is 0 Å². The molecule has 6 nitrogen and oxygen atoms in total. The number of carbonyl (C=O) groups excluding carboxylic acids is 2. The van der Waals surface area contributed by atoms with E-state index >= 15 is 0 Å². The molecular weight excluding hydrogens is 300 g/mol. The zero-order valence-corrected chi connectivity index (χ0v) is 13.9. The van der Waals surface area contributed by atoms with Crippen molar-refractivity contribution in [1.82, 2.24) is 20.1 Å². The Balaban J connectivity index is 1.77. The molecule has 0 radical (unpaired) electrons. The van der Waals surface area contributed by atoms with Gasteiger partial charge in [-0.2, -0.15) is 0 Å². The van der Waals surface area contributed by atoms with Crippen LogP contribution in [0.3, 0.4) is 0 Å². The lowest BCUT2D eigenvalue weighted by Crippen LogP contribution is -2.50. The first-order chi connectivity index (χ1) is 10.6. The molecule has 0 bridgehead atoms. The Morgan fingerprint density at radius 2 is 2.09 bits per heavy atom. The molecule has 1 aromatic rings. The second kappa shape index (κ2) is 8.05. The van der Waals surface area contributed by atoms with E-state index in [0.29, 0.717) is 26.2 Å². The molecule has 120 valence electrons. The van der Waals surface area contributed by atoms with Gasteiger partial charge >= 0.3 is 0 Å². The molecule has 1 aromatic heterocycles. The average molecular weight is 322 g/mol. The van der Waals surface area contributed by atoms with Gasteiger partial charge in [-0.25, -0.2) is 4.98 Å². The first-order valence-corrected chi connectivity index (χ1v) is 8.34. The number of hydrogen-bond acceptors (Lipinski definition) is 5. The number of amides is 2. The van der Waals surface area contributed by atoms with Crippen molar-refractivity contribution in [3.05, 3.63) is 22.2 Å². The van der Waals surface area contributed by atoms with E-state index in [1.165, 1.54) is 0 Å². The molecule has 2 amide bonds. The average Bonchev–Trinajstić information content (AvgIpc) is 2.91. The molecule has 0 aliphatic carbocycles. The summed E-state index contributed by atoms with van der Waals surface area (Å²) in [5.41, 5.74) is 0.825. The van der Waals surface area contributed by atoms with E-state index in [9.17, 15) is 9.59 Å². The maximum absolute atomic E-state index is 12.1. The molecule has 2 heterocycles. The summed E-state index contributed by atoms with van der Waals surface area (Å²) < 4.78 is 0. The molecular formula is C15H22N4O2S. The van der Waals surface area contributed by atoms with Crippen molar-refractivity contribution in [2.75, 3.05) is 39.3 Å². The Morgan fingerprint density at radius 1 is 1.36 bits per heavy atom. The summed E-state index contributed by atoms with van der Waals surface area (Å²) in [6.45, 7) is 7.67. The largest absolute Gasteiger partial charge is 0.355 e. The molecule has 0 atom stereocenters. The highest BCUT2D eigenvalue weighted by Gasteiger charge is 2.20. The van der Waals surface area contributed by atoms with E-state index in [1.54, 1.807) is 23.5 Å². The fraction of sp³-hybridized carbons (Fsp3) is 0.533. The van der Waals surface area contributed by atoms with Crippen molar-refractivity contribution in [2.45, 2.75) is 13.8 Å². The van der Waals surface area contributed by atoms with E-state index in [4.69, 9.17) is 0 Å². The topological polar surface area (TPSA) is 65.5 Å². The highest BCUT2D eigenvalue weighted by molar-refractivity contribution is 7.09. The van der Waals surface area contributed by atoms with Crippen molar-refractivity contribution in [3.8, 4) is 0 Å². The lowest BCUT2D eigenvalue weighted by atomic mass is 10.3. The van der Waals surface area contributed by atoms with E-state index < -0.39 is 0 Å². The summed E-state index contributed by atoms with van der Waals surface area (Å²) in [7, 11) is 0. The number of carbonyl (C=O) groups is 2. The summed E-state index contributed by atoms with van der Waals surface area (Å²) in [4.78, 5) is 31.8. The molecule has 0 saturated carbocycles. The van der Waals surface area contributed by atoms with Gasteiger partial charge in [0.2, 0.25) is 11.8 Å². The van der Waals surface area contributed by atoms with E-state index in [0.717, 1.165) is 23.8 Å². The molecule has 0 aromatic carbocycles. The summed E-state index contributed by atoms with van der Waals surface area (Å²) in [6.07, 6.45) is 3.33. The summed E-state index contributed by atoms with van der Waals surface area (Å²) in [5.74, 6) is 0.0457. The van der Waals surface area contributed by atoms with E-state index in [-0.39, 0.29) is 11.8 Å². The summed E-state index contributed by atoms with van der Waals surface area (Å²) >= 11 is 1.57. The van der Waals surface area contributed by atoms with Crippen LogP contribution in [0.5, 0.6) is 0 Å². The van der Waals surface area contributed by atoms with Crippen LogP contribution in [0.25, 0.3) is 6.08 Å².